The first kappa shape index (κ1) is 16.0. The van der Waals surface area contributed by atoms with E-state index in [0.717, 1.165) is 49.1 Å². The Balaban J connectivity index is 1.59. The Morgan fingerprint density at radius 3 is 2.83 bits per heavy atom. The molecule has 1 fully saturated rings. The molecule has 0 unspecified atom stereocenters. The van der Waals surface area contributed by atoms with Crippen molar-refractivity contribution in [3.8, 4) is 0 Å². The average Bonchev–Trinajstić information content (AvgIpc) is 2.95. The van der Waals surface area contributed by atoms with Gasteiger partial charge in [0.15, 0.2) is 0 Å². The van der Waals surface area contributed by atoms with Crippen molar-refractivity contribution in [1.29, 1.82) is 0 Å². The van der Waals surface area contributed by atoms with Crippen molar-refractivity contribution in [3.05, 3.63) is 45.7 Å². The molecule has 0 atom stereocenters. The molecular formula is C16H20N4O2S. The largest absolute Gasteiger partial charge is 0.379 e. The SMILES string of the molecule is Cc1nc(CN2CCOCC2)sc1C(=O)NCc1ccncc1. The van der Waals surface area contributed by atoms with Crippen LogP contribution < -0.4 is 5.32 Å². The van der Waals surface area contributed by atoms with E-state index in [1.807, 2.05) is 19.1 Å². The van der Waals surface area contributed by atoms with Gasteiger partial charge in [0.1, 0.15) is 9.88 Å². The predicted octanol–water partition coefficient (Wildman–Crippen LogP) is 1.61. The maximum Gasteiger partial charge on any atom is 0.263 e. The Kier molecular flexibility index (Phi) is 5.32. The number of carbonyl (C=O) groups is 1. The zero-order chi connectivity index (χ0) is 16.1. The number of amides is 1. The van der Waals surface area contributed by atoms with Crippen LogP contribution in [0.5, 0.6) is 0 Å². The maximum absolute atomic E-state index is 12.4. The van der Waals surface area contributed by atoms with Gasteiger partial charge in [-0.1, -0.05) is 0 Å². The minimum absolute atomic E-state index is 0.0648. The number of thiazole rings is 1. The van der Waals surface area contributed by atoms with Crippen LogP contribution in [-0.2, 0) is 17.8 Å². The van der Waals surface area contributed by atoms with Gasteiger partial charge in [-0.3, -0.25) is 14.7 Å². The van der Waals surface area contributed by atoms with E-state index in [1.54, 1.807) is 12.4 Å². The molecule has 0 bridgehead atoms. The number of aromatic nitrogens is 2. The van der Waals surface area contributed by atoms with Gasteiger partial charge in [-0.05, 0) is 24.6 Å². The highest BCUT2D eigenvalue weighted by atomic mass is 32.1. The Morgan fingerprint density at radius 1 is 1.35 bits per heavy atom. The third kappa shape index (κ3) is 4.34. The summed E-state index contributed by atoms with van der Waals surface area (Å²) < 4.78 is 5.35. The van der Waals surface area contributed by atoms with Crippen LogP contribution >= 0.6 is 11.3 Å². The van der Waals surface area contributed by atoms with Gasteiger partial charge in [0.25, 0.3) is 5.91 Å². The van der Waals surface area contributed by atoms with Gasteiger partial charge in [0, 0.05) is 32.0 Å². The minimum atomic E-state index is -0.0648. The fourth-order valence-electron chi connectivity index (χ4n) is 2.44. The molecule has 0 aromatic carbocycles. The zero-order valence-corrected chi connectivity index (χ0v) is 13.9. The van der Waals surface area contributed by atoms with Crippen molar-refractivity contribution in [3.63, 3.8) is 0 Å². The van der Waals surface area contributed by atoms with Crippen LogP contribution in [0.1, 0.15) is 25.9 Å². The summed E-state index contributed by atoms with van der Waals surface area (Å²) in [6.07, 6.45) is 3.44. The smallest absolute Gasteiger partial charge is 0.263 e. The number of pyridine rings is 1. The van der Waals surface area contributed by atoms with E-state index in [0.29, 0.717) is 11.4 Å². The van der Waals surface area contributed by atoms with Crippen LogP contribution in [0.25, 0.3) is 0 Å². The van der Waals surface area contributed by atoms with Crippen LogP contribution in [0.15, 0.2) is 24.5 Å². The number of rotatable bonds is 5. The standard InChI is InChI=1S/C16H20N4O2S/c1-12-15(16(21)18-10-13-2-4-17-5-3-13)23-14(19-12)11-20-6-8-22-9-7-20/h2-5H,6-11H2,1H3,(H,18,21). The van der Waals surface area contributed by atoms with Crippen molar-refractivity contribution in [2.24, 2.45) is 0 Å². The lowest BCUT2D eigenvalue weighted by atomic mass is 10.2. The molecule has 3 rings (SSSR count). The third-order valence-corrected chi connectivity index (χ3v) is 4.85. The topological polar surface area (TPSA) is 67.4 Å². The second-order valence-electron chi connectivity index (χ2n) is 5.45. The quantitative estimate of drug-likeness (QED) is 0.901. The molecule has 7 heteroatoms. The van der Waals surface area contributed by atoms with Gasteiger partial charge in [0.05, 0.1) is 25.5 Å². The van der Waals surface area contributed by atoms with Crippen LogP contribution in [-0.4, -0.2) is 47.1 Å². The molecule has 23 heavy (non-hydrogen) atoms. The first-order valence-corrected chi connectivity index (χ1v) is 8.47. The van der Waals surface area contributed by atoms with Gasteiger partial charge in [-0.25, -0.2) is 4.98 Å². The maximum atomic E-state index is 12.4. The summed E-state index contributed by atoms with van der Waals surface area (Å²) in [4.78, 5) is 23.9. The van der Waals surface area contributed by atoms with Gasteiger partial charge >= 0.3 is 0 Å². The highest BCUT2D eigenvalue weighted by molar-refractivity contribution is 7.13. The summed E-state index contributed by atoms with van der Waals surface area (Å²) in [5, 5.41) is 3.93. The molecule has 0 radical (unpaired) electrons. The summed E-state index contributed by atoms with van der Waals surface area (Å²) in [5.74, 6) is -0.0648. The van der Waals surface area contributed by atoms with Gasteiger partial charge in [-0.15, -0.1) is 11.3 Å². The highest BCUT2D eigenvalue weighted by Crippen LogP contribution is 2.20. The summed E-state index contributed by atoms with van der Waals surface area (Å²) in [5.41, 5.74) is 1.83. The molecule has 6 nitrogen and oxygen atoms in total. The van der Waals surface area contributed by atoms with Crippen molar-refractivity contribution in [1.82, 2.24) is 20.2 Å². The molecule has 1 N–H and O–H groups in total. The molecule has 2 aromatic rings. The number of morpholine rings is 1. The highest BCUT2D eigenvalue weighted by Gasteiger charge is 2.18. The van der Waals surface area contributed by atoms with Gasteiger partial charge < -0.3 is 10.1 Å². The molecule has 3 heterocycles. The summed E-state index contributed by atoms with van der Waals surface area (Å²) in [6, 6.07) is 3.79. The number of ether oxygens (including phenoxy) is 1. The van der Waals surface area contributed by atoms with Crippen molar-refractivity contribution < 1.29 is 9.53 Å². The summed E-state index contributed by atoms with van der Waals surface area (Å²) in [6.45, 7) is 6.54. The van der Waals surface area contributed by atoms with Crippen LogP contribution in [0.3, 0.4) is 0 Å². The Morgan fingerprint density at radius 2 is 2.09 bits per heavy atom. The predicted molar refractivity (Wildman–Crippen MR) is 88.4 cm³/mol. The minimum Gasteiger partial charge on any atom is -0.379 e. The molecule has 0 spiro atoms. The summed E-state index contributed by atoms with van der Waals surface area (Å²) in [7, 11) is 0. The fourth-order valence-corrected chi connectivity index (χ4v) is 3.47. The molecular weight excluding hydrogens is 312 g/mol. The molecule has 1 amide bonds. The van der Waals surface area contributed by atoms with Crippen molar-refractivity contribution in [2.45, 2.75) is 20.0 Å². The number of nitrogens with zero attached hydrogens (tertiary/aromatic N) is 3. The van der Waals surface area contributed by atoms with E-state index >= 15 is 0 Å². The number of hydrogen-bond acceptors (Lipinski definition) is 6. The number of nitrogens with one attached hydrogen (secondary N) is 1. The zero-order valence-electron chi connectivity index (χ0n) is 13.1. The molecule has 1 aliphatic rings. The first-order chi connectivity index (χ1) is 11.2. The second-order valence-corrected chi connectivity index (χ2v) is 6.53. The van der Waals surface area contributed by atoms with Crippen LogP contribution in [0.4, 0.5) is 0 Å². The number of hydrogen-bond donors (Lipinski definition) is 1. The third-order valence-electron chi connectivity index (χ3n) is 3.71. The van der Waals surface area contributed by atoms with E-state index in [4.69, 9.17) is 4.74 Å². The Bertz CT molecular complexity index is 653. The number of carbonyl (C=O) groups excluding carboxylic acids is 1. The van der Waals surface area contributed by atoms with E-state index in [-0.39, 0.29) is 5.91 Å². The Labute approximate surface area is 139 Å². The van der Waals surface area contributed by atoms with Crippen molar-refractivity contribution >= 4 is 17.2 Å². The van der Waals surface area contributed by atoms with Gasteiger partial charge in [-0.2, -0.15) is 0 Å². The molecule has 1 saturated heterocycles. The molecule has 0 aliphatic carbocycles. The molecule has 2 aromatic heterocycles. The van der Waals surface area contributed by atoms with Crippen LogP contribution in [0, 0.1) is 6.92 Å². The Hall–Kier alpha value is -1.83. The van der Waals surface area contributed by atoms with E-state index in [9.17, 15) is 4.79 Å². The lowest BCUT2D eigenvalue weighted by Crippen LogP contribution is -2.35. The van der Waals surface area contributed by atoms with Gasteiger partial charge in [0.2, 0.25) is 0 Å². The fraction of sp³-hybridized carbons (Fsp3) is 0.438. The monoisotopic (exact) mass is 332 g/mol. The van der Waals surface area contributed by atoms with E-state index in [2.05, 4.69) is 20.2 Å². The lowest BCUT2D eigenvalue weighted by molar-refractivity contribution is 0.0341. The molecule has 122 valence electrons. The first-order valence-electron chi connectivity index (χ1n) is 7.66. The average molecular weight is 332 g/mol. The second kappa shape index (κ2) is 7.63. The normalized spacial score (nSPS) is 15.5. The molecule has 0 saturated carbocycles. The lowest BCUT2D eigenvalue weighted by Gasteiger charge is -2.25. The van der Waals surface area contributed by atoms with E-state index < -0.39 is 0 Å². The molecule has 1 aliphatic heterocycles. The van der Waals surface area contributed by atoms with Crippen molar-refractivity contribution in [2.75, 3.05) is 26.3 Å². The number of aryl methyl sites for hydroxylation is 1. The summed E-state index contributed by atoms with van der Waals surface area (Å²) >= 11 is 1.48. The van der Waals surface area contributed by atoms with Crippen LogP contribution in [0.2, 0.25) is 0 Å². The van der Waals surface area contributed by atoms with E-state index in [1.165, 1.54) is 11.3 Å².